The van der Waals surface area contributed by atoms with Crippen molar-refractivity contribution in [3.05, 3.63) is 6.92 Å². The molecule has 0 saturated carbocycles. The minimum Gasteiger partial charge on any atom is -0.0654 e. The van der Waals surface area contributed by atoms with Gasteiger partial charge in [0.15, 0.2) is 0 Å². The summed E-state index contributed by atoms with van der Waals surface area (Å²) in [6.45, 7) is 5.72. The Bertz CT molecular complexity index is 5.61. The van der Waals surface area contributed by atoms with Gasteiger partial charge in [-0.3, -0.25) is 0 Å². The Hall–Kier alpha value is 1.32. The summed E-state index contributed by atoms with van der Waals surface area (Å²) < 4.78 is 0. The molecule has 0 unspecified atom stereocenters. The van der Waals surface area contributed by atoms with Crippen molar-refractivity contribution in [2.75, 3.05) is 0 Å². The summed E-state index contributed by atoms with van der Waals surface area (Å²) in [6, 6.07) is 0. The Morgan fingerprint density at radius 2 is 1.80 bits per heavy atom. The fraction of sp³-hybridized carbons (Fsp3) is 0.750. The quantitative estimate of drug-likeness (QED) is 0.688. The van der Waals surface area contributed by atoms with Gasteiger partial charge in [-0.1, -0.05) is 26.7 Å². The molecule has 0 fully saturated rings. The van der Waals surface area contributed by atoms with Crippen LogP contribution in [0.3, 0.4) is 0 Å². The molecule has 0 aromatic rings. The molecule has 5 heavy (non-hydrogen) atoms. The Kier molecular flexibility index (Phi) is 17.3. The van der Waals surface area contributed by atoms with Gasteiger partial charge in [-0.25, -0.2) is 0 Å². The zero-order chi connectivity index (χ0) is 3.41. The molecular weight excluding hydrogens is 280 g/mol. The first-order chi connectivity index (χ1) is 1.91. The second-order valence-electron chi connectivity index (χ2n) is 0.854. The van der Waals surface area contributed by atoms with E-state index in [4.69, 9.17) is 0 Å². The molecule has 1 radical (unpaired) electrons. The summed E-state index contributed by atoms with van der Waals surface area (Å²) >= 11 is 0. The Morgan fingerprint density at radius 3 is 1.80 bits per heavy atom. The van der Waals surface area contributed by atoms with E-state index in [1.54, 1.807) is 0 Å². The van der Waals surface area contributed by atoms with Crippen LogP contribution in [-0.4, -0.2) is 0 Å². The number of unbranched alkanes of at least 4 members (excludes halogenated alkanes) is 1. The van der Waals surface area contributed by atoms with Crippen LogP contribution in [-0.2, 0) is 0 Å². The maximum atomic E-state index is 3.60. The van der Waals surface area contributed by atoms with Crippen LogP contribution in [0.25, 0.3) is 0 Å². The summed E-state index contributed by atoms with van der Waals surface area (Å²) in [7, 11) is 0. The van der Waals surface area contributed by atoms with Crippen molar-refractivity contribution in [1.82, 2.24) is 0 Å². The van der Waals surface area contributed by atoms with Gasteiger partial charge in [-0.05, 0) is 0 Å². The average molecular weight is 289 g/mol. The second-order valence-corrected chi connectivity index (χ2v) is 0.854. The third-order valence-corrected chi connectivity index (χ3v) is 0.354. The van der Waals surface area contributed by atoms with Crippen LogP contribution in [0.4, 0.5) is 0 Å². The largest absolute Gasteiger partial charge is 0.0654 e. The van der Waals surface area contributed by atoms with Crippen LogP contribution in [0.2, 0.25) is 0 Å². The van der Waals surface area contributed by atoms with Gasteiger partial charge in [-0.2, -0.15) is 0 Å². The van der Waals surface area contributed by atoms with Gasteiger partial charge in [0.2, 0.25) is 0 Å². The molecule has 0 aromatic heterocycles. The molecule has 0 aromatic carbocycles. The standard InChI is InChI=1S/C4H9.Th/c1-3-4-2;/h1,3-4H2,2H3;. The van der Waals surface area contributed by atoms with Gasteiger partial charge in [0.1, 0.15) is 0 Å². The van der Waals surface area contributed by atoms with Crippen LogP contribution in [0.1, 0.15) is 19.8 Å². The van der Waals surface area contributed by atoms with Gasteiger partial charge in [0.25, 0.3) is 0 Å². The topological polar surface area (TPSA) is 0 Å². The van der Waals surface area contributed by atoms with Crippen molar-refractivity contribution < 1.29 is 39.9 Å². The molecule has 0 aliphatic rings. The third kappa shape index (κ3) is 10.9. The molecule has 0 spiro atoms. The minimum atomic E-state index is 0. The van der Waals surface area contributed by atoms with Crippen LogP contribution in [0.15, 0.2) is 0 Å². The first-order valence-corrected chi connectivity index (χ1v) is 1.71. The Labute approximate surface area is 66.0 Å². The molecule has 0 aliphatic carbocycles. The van der Waals surface area contributed by atoms with Crippen molar-refractivity contribution in [1.29, 1.82) is 0 Å². The van der Waals surface area contributed by atoms with E-state index in [-0.39, 0.29) is 39.9 Å². The first-order valence-electron chi connectivity index (χ1n) is 1.71. The molecule has 0 N–H and O–H groups in total. The van der Waals surface area contributed by atoms with E-state index in [1.807, 2.05) is 0 Å². The van der Waals surface area contributed by atoms with Gasteiger partial charge < -0.3 is 0 Å². The van der Waals surface area contributed by atoms with E-state index in [2.05, 4.69) is 13.8 Å². The van der Waals surface area contributed by atoms with Gasteiger partial charge in [-0.15, -0.1) is 0 Å². The molecule has 0 aliphatic heterocycles. The first kappa shape index (κ1) is 9.59. The SMILES string of the molecule is [CH2]CCC.[Th]. The molecule has 0 atom stereocenters. The maximum Gasteiger partial charge on any atom is 0 e. The van der Waals surface area contributed by atoms with E-state index in [9.17, 15) is 0 Å². The molecule has 0 nitrogen and oxygen atoms in total. The zero-order valence-corrected chi connectivity index (χ0v) is 7.73. The number of hydrogen-bond donors (Lipinski definition) is 0. The Morgan fingerprint density at radius 1 is 1.60 bits per heavy atom. The minimum absolute atomic E-state index is 0. The van der Waals surface area contributed by atoms with Gasteiger partial charge in [0, 0.05) is 39.9 Å². The van der Waals surface area contributed by atoms with Crippen molar-refractivity contribution in [2.45, 2.75) is 19.8 Å². The van der Waals surface area contributed by atoms with Crippen LogP contribution >= 0.6 is 0 Å². The second kappa shape index (κ2) is 9.01. The molecule has 0 saturated heterocycles. The molecule has 29 valence electrons. The van der Waals surface area contributed by atoms with Crippen LogP contribution in [0.5, 0.6) is 0 Å². The van der Waals surface area contributed by atoms with E-state index >= 15 is 0 Å². The predicted octanol–water partition coefficient (Wildman–Crippen LogP) is 1.62. The normalized spacial score (nSPS) is 6.00. The van der Waals surface area contributed by atoms with E-state index < -0.39 is 0 Å². The van der Waals surface area contributed by atoms with Gasteiger partial charge >= 0.3 is 0 Å². The summed E-state index contributed by atoms with van der Waals surface area (Å²) in [4.78, 5) is 0. The van der Waals surface area contributed by atoms with Gasteiger partial charge in [0.05, 0.1) is 0 Å². The fourth-order valence-corrected chi connectivity index (χ4v) is 0. The summed E-state index contributed by atoms with van der Waals surface area (Å²) in [6.07, 6.45) is 2.28. The smallest absolute Gasteiger partial charge is 0 e. The average Bonchev–Trinajstić information content (AvgIpc) is 1.37. The van der Waals surface area contributed by atoms with Crippen LogP contribution in [0, 0.1) is 46.9 Å². The zero-order valence-electron chi connectivity index (χ0n) is 3.62. The Balaban J connectivity index is 0. The molecule has 0 bridgehead atoms. The monoisotopic (exact) mass is 289 g/mol. The number of rotatable bonds is 1. The van der Waals surface area contributed by atoms with E-state index in [1.165, 1.54) is 6.42 Å². The molecule has 0 rings (SSSR count). The maximum absolute atomic E-state index is 3.60. The van der Waals surface area contributed by atoms with Crippen molar-refractivity contribution in [3.63, 3.8) is 0 Å². The molecular formula is C4H9Th. The summed E-state index contributed by atoms with van der Waals surface area (Å²) in [5.41, 5.74) is 0. The fourth-order valence-electron chi connectivity index (χ4n) is 0. The molecule has 0 heterocycles. The van der Waals surface area contributed by atoms with Crippen molar-refractivity contribution >= 4 is 0 Å². The summed E-state index contributed by atoms with van der Waals surface area (Å²) in [5, 5.41) is 0. The molecule has 1 heteroatoms. The molecule has 0 amide bonds. The summed E-state index contributed by atoms with van der Waals surface area (Å²) in [5.74, 6) is 0. The van der Waals surface area contributed by atoms with E-state index in [0.29, 0.717) is 0 Å². The third-order valence-electron chi connectivity index (χ3n) is 0.354. The predicted molar refractivity (Wildman–Crippen MR) is 20.3 cm³/mol. The van der Waals surface area contributed by atoms with Crippen LogP contribution < -0.4 is 0 Å². The van der Waals surface area contributed by atoms with Crippen molar-refractivity contribution in [3.8, 4) is 0 Å². The number of hydrogen-bond acceptors (Lipinski definition) is 0. The van der Waals surface area contributed by atoms with Crippen molar-refractivity contribution in [2.24, 2.45) is 0 Å². The van der Waals surface area contributed by atoms with E-state index in [0.717, 1.165) is 6.42 Å².